The van der Waals surface area contributed by atoms with Crippen molar-refractivity contribution in [3.05, 3.63) is 59.4 Å². The Bertz CT molecular complexity index is 815. The van der Waals surface area contributed by atoms with Crippen molar-refractivity contribution in [3.63, 3.8) is 0 Å². The number of hydrogen-bond acceptors (Lipinski definition) is 4. The van der Waals surface area contributed by atoms with E-state index in [1.54, 1.807) is 6.33 Å². The maximum absolute atomic E-state index is 9.20. The summed E-state index contributed by atoms with van der Waals surface area (Å²) in [6.45, 7) is 4.30. The standard InChI is InChI=1S/C18H19N3O/c1-12-9-15-17(10-13(12)2)19-11-20-18(15)21-16-6-4-3-5-14(16)7-8-22/h3-6,9-11,22H,7-8H2,1-2H3,(H,19,20,21). The van der Waals surface area contributed by atoms with Crippen LogP contribution in [0.3, 0.4) is 0 Å². The fraction of sp³-hybridized carbons (Fsp3) is 0.222. The molecule has 0 aliphatic heterocycles. The van der Waals surface area contributed by atoms with Crippen LogP contribution in [0.5, 0.6) is 0 Å². The molecule has 0 fully saturated rings. The topological polar surface area (TPSA) is 58.0 Å². The average molecular weight is 293 g/mol. The van der Waals surface area contributed by atoms with Gasteiger partial charge in [0.05, 0.1) is 5.52 Å². The lowest BCUT2D eigenvalue weighted by molar-refractivity contribution is 0.300. The van der Waals surface area contributed by atoms with Gasteiger partial charge in [-0.2, -0.15) is 0 Å². The van der Waals surface area contributed by atoms with Gasteiger partial charge < -0.3 is 10.4 Å². The predicted molar refractivity (Wildman–Crippen MR) is 89.5 cm³/mol. The summed E-state index contributed by atoms with van der Waals surface area (Å²) in [5.41, 5.74) is 5.41. The van der Waals surface area contributed by atoms with Crippen LogP contribution in [0.4, 0.5) is 11.5 Å². The van der Waals surface area contributed by atoms with Crippen molar-refractivity contribution in [2.45, 2.75) is 20.3 Å². The van der Waals surface area contributed by atoms with E-state index in [1.807, 2.05) is 24.3 Å². The van der Waals surface area contributed by atoms with E-state index in [4.69, 9.17) is 0 Å². The molecule has 0 saturated heterocycles. The molecular weight excluding hydrogens is 274 g/mol. The number of aliphatic hydroxyl groups excluding tert-OH is 1. The summed E-state index contributed by atoms with van der Waals surface area (Å²) in [5, 5.41) is 13.6. The van der Waals surface area contributed by atoms with Crippen LogP contribution in [0.25, 0.3) is 10.9 Å². The van der Waals surface area contributed by atoms with Crippen LogP contribution in [-0.4, -0.2) is 21.7 Å². The van der Waals surface area contributed by atoms with Crippen molar-refractivity contribution in [1.29, 1.82) is 0 Å². The molecule has 0 atom stereocenters. The van der Waals surface area contributed by atoms with Crippen LogP contribution in [0.2, 0.25) is 0 Å². The van der Waals surface area contributed by atoms with E-state index in [0.717, 1.165) is 28.0 Å². The molecule has 0 amide bonds. The Balaban J connectivity index is 2.06. The van der Waals surface area contributed by atoms with Crippen LogP contribution in [0.1, 0.15) is 16.7 Å². The second-order valence-corrected chi connectivity index (χ2v) is 5.43. The molecule has 1 heterocycles. The molecule has 4 nitrogen and oxygen atoms in total. The largest absolute Gasteiger partial charge is 0.396 e. The van der Waals surface area contributed by atoms with Crippen LogP contribution < -0.4 is 5.32 Å². The number of aromatic nitrogens is 2. The molecule has 0 aliphatic rings. The quantitative estimate of drug-likeness (QED) is 0.772. The molecule has 3 rings (SSSR count). The van der Waals surface area contributed by atoms with E-state index in [2.05, 4.69) is 41.3 Å². The third-order valence-corrected chi connectivity index (χ3v) is 3.90. The molecule has 2 N–H and O–H groups in total. The molecule has 2 aromatic carbocycles. The predicted octanol–water partition coefficient (Wildman–Crippen LogP) is 3.53. The highest BCUT2D eigenvalue weighted by atomic mass is 16.2. The van der Waals surface area contributed by atoms with Crippen LogP contribution in [0, 0.1) is 13.8 Å². The van der Waals surface area contributed by atoms with Crippen molar-refractivity contribution in [1.82, 2.24) is 9.97 Å². The molecule has 112 valence electrons. The van der Waals surface area contributed by atoms with E-state index in [9.17, 15) is 5.11 Å². The second kappa shape index (κ2) is 6.12. The highest BCUT2D eigenvalue weighted by molar-refractivity contribution is 5.91. The Morgan fingerprint density at radius 3 is 2.64 bits per heavy atom. The second-order valence-electron chi connectivity index (χ2n) is 5.43. The van der Waals surface area contributed by atoms with Gasteiger partial charge in [-0.3, -0.25) is 0 Å². The maximum Gasteiger partial charge on any atom is 0.141 e. The summed E-state index contributed by atoms with van der Waals surface area (Å²) < 4.78 is 0. The molecule has 0 saturated carbocycles. The number of hydrogen-bond donors (Lipinski definition) is 2. The first-order valence-corrected chi connectivity index (χ1v) is 7.37. The van der Waals surface area contributed by atoms with Gasteiger partial charge in [-0.1, -0.05) is 18.2 Å². The normalized spacial score (nSPS) is 10.9. The Morgan fingerprint density at radius 1 is 1.05 bits per heavy atom. The van der Waals surface area contributed by atoms with Crippen molar-refractivity contribution < 1.29 is 5.11 Å². The maximum atomic E-state index is 9.20. The Hall–Kier alpha value is -2.46. The first-order valence-electron chi connectivity index (χ1n) is 7.37. The van der Waals surface area contributed by atoms with Gasteiger partial charge in [0.1, 0.15) is 12.1 Å². The number of rotatable bonds is 4. The zero-order valence-corrected chi connectivity index (χ0v) is 12.8. The van der Waals surface area contributed by atoms with Crippen LogP contribution in [0.15, 0.2) is 42.7 Å². The lowest BCUT2D eigenvalue weighted by atomic mass is 10.1. The minimum atomic E-state index is 0.127. The van der Waals surface area contributed by atoms with E-state index in [0.29, 0.717) is 6.42 Å². The number of anilines is 2. The van der Waals surface area contributed by atoms with E-state index in [1.165, 1.54) is 11.1 Å². The van der Waals surface area contributed by atoms with Crippen molar-refractivity contribution in [2.75, 3.05) is 11.9 Å². The zero-order valence-electron chi connectivity index (χ0n) is 12.8. The van der Waals surface area contributed by atoms with Crippen LogP contribution in [-0.2, 0) is 6.42 Å². The molecule has 0 radical (unpaired) electrons. The molecule has 0 bridgehead atoms. The van der Waals surface area contributed by atoms with Gasteiger partial charge in [-0.15, -0.1) is 0 Å². The number of fused-ring (bicyclic) bond motifs is 1. The molecule has 4 heteroatoms. The minimum absolute atomic E-state index is 0.127. The van der Waals surface area contributed by atoms with Gasteiger partial charge >= 0.3 is 0 Å². The molecule has 0 spiro atoms. The Labute approximate surface area is 129 Å². The summed E-state index contributed by atoms with van der Waals surface area (Å²) in [4.78, 5) is 8.74. The summed E-state index contributed by atoms with van der Waals surface area (Å²) >= 11 is 0. The van der Waals surface area contributed by atoms with Crippen LogP contribution >= 0.6 is 0 Å². The van der Waals surface area contributed by atoms with Gasteiger partial charge in [0, 0.05) is 17.7 Å². The van der Waals surface area contributed by atoms with Crippen molar-refractivity contribution in [3.8, 4) is 0 Å². The fourth-order valence-electron chi connectivity index (χ4n) is 2.52. The van der Waals surface area contributed by atoms with Gasteiger partial charge in [0.15, 0.2) is 0 Å². The molecular formula is C18H19N3O. The summed E-state index contributed by atoms with van der Waals surface area (Å²) in [6, 6.07) is 12.2. The number of para-hydroxylation sites is 1. The first-order chi connectivity index (χ1) is 10.7. The number of aryl methyl sites for hydroxylation is 2. The molecule has 3 aromatic rings. The van der Waals surface area contributed by atoms with Crippen molar-refractivity contribution >= 4 is 22.4 Å². The van der Waals surface area contributed by atoms with E-state index < -0.39 is 0 Å². The monoisotopic (exact) mass is 293 g/mol. The highest BCUT2D eigenvalue weighted by Crippen LogP contribution is 2.27. The molecule has 22 heavy (non-hydrogen) atoms. The van der Waals surface area contributed by atoms with E-state index in [-0.39, 0.29) is 6.61 Å². The number of nitrogens with zero attached hydrogens (tertiary/aromatic N) is 2. The fourth-order valence-corrected chi connectivity index (χ4v) is 2.52. The summed E-state index contributed by atoms with van der Waals surface area (Å²) in [5.74, 6) is 0.790. The summed E-state index contributed by atoms with van der Waals surface area (Å²) in [7, 11) is 0. The molecule has 1 aromatic heterocycles. The number of benzene rings is 2. The zero-order chi connectivity index (χ0) is 15.5. The lowest BCUT2D eigenvalue weighted by Crippen LogP contribution is -2.01. The van der Waals surface area contributed by atoms with Gasteiger partial charge in [-0.05, 0) is 55.2 Å². The third-order valence-electron chi connectivity index (χ3n) is 3.90. The molecule has 0 aliphatic carbocycles. The smallest absolute Gasteiger partial charge is 0.141 e. The van der Waals surface area contributed by atoms with Gasteiger partial charge in [0.2, 0.25) is 0 Å². The third kappa shape index (κ3) is 2.78. The highest BCUT2D eigenvalue weighted by Gasteiger charge is 2.08. The first kappa shape index (κ1) is 14.5. The van der Waals surface area contributed by atoms with Crippen molar-refractivity contribution in [2.24, 2.45) is 0 Å². The number of nitrogens with one attached hydrogen (secondary N) is 1. The Morgan fingerprint density at radius 2 is 1.82 bits per heavy atom. The average Bonchev–Trinajstić information content (AvgIpc) is 2.51. The van der Waals surface area contributed by atoms with Gasteiger partial charge in [-0.25, -0.2) is 9.97 Å². The SMILES string of the molecule is Cc1cc2ncnc(Nc3ccccc3CCO)c2cc1C. The van der Waals surface area contributed by atoms with E-state index >= 15 is 0 Å². The summed E-state index contributed by atoms with van der Waals surface area (Å²) in [6.07, 6.45) is 2.19. The lowest BCUT2D eigenvalue weighted by Gasteiger charge is -2.13. The number of aliphatic hydroxyl groups is 1. The van der Waals surface area contributed by atoms with Gasteiger partial charge in [0.25, 0.3) is 0 Å². The molecule has 0 unspecified atom stereocenters. The Kier molecular flexibility index (Phi) is 4.02. The minimum Gasteiger partial charge on any atom is -0.396 e.